The van der Waals surface area contributed by atoms with Gasteiger partial charge >= 0.3 is 0 Å². The van der Waals surface area contributed by atoms with E-state index < -0.39 is 0 Å². The lowest BCUT2D eigenvalue weighted by molar-refractivity contribution is 0.102. The van der Waals surface area contributed by atoms with Gasteiger partial charge in [-0.1, -0.05) is 12.1 Å². The highest BCUT2D eigenvalue weighted by Gasteiger charge is 2.15. The monoisotopic (exact) mass is 373 g/mol. The number of aryl methyl sites for hydroxylation is 2. The van der Waals surface area contributed by atoms with Crippen LogP contribution in [0.15, 0.2) is 59.7 Å². The maximum atomic E-state index is 12.8. The van der Waals surface area contributed by atoms with Crippen LogP contribution in [0.25, 0.3) is 5.69 Å². The van der Waals surface area contributed by atoms with Gasteiger partial charge in [-0.25, -0.2) is 4.68 Å². The van der Waals surface area contributed by atoms with E-state index in [0.717, 1.165) is 47.1 Å². The maximum absolute atomic E-state index is 12.8. The van der Waals surface area contributed by atoms with Crippen LogP contribution in [0.3, 0.4) is 0 Å². The SMILES string of the molecule is CC1=NN(c2ccc(C(=O)Nc3ccccc3-n3nc(C)cc3C)cc2)CC1. The van der Waals surface area contributed by atoms with Crippen molar-refractivity contribution >= 4 is 23.0 Å². The molecule has 0 atom stereocenters. The molecule has 1 amide bonds. The Morgan fingerprint density at radius 2 is 1.79 bits per heavy atom. The summed E-state index contributed by atoms with van der Waals surface area (Å²) in [6.07, 6.45) is 0.978. The topological polar surface area (TPSA) is 62.5 Å². The fourth-order valence-electron chi connectivity index (χ4n) is 3.38. The number of amides is 1. The largest absolute Gasteiger partial charge is 0.320 e. The molecule has 1 aromatic heterocycles. The van der Waals surface area contributed by atoms with Crippen molar-refractivity contribution in [1.29, 1.82) is 0 Å². The van der Waals surface area contributed by atoms with E-state index in [1.54, 1.807) is 0 Å². The molecule has 1 N–H and O–H groups in total. The number of aromatic nitrogens is 2. The van der Waals surface area contributed by atoms with Gasteiger partial charge in [-0.3, -0.25) is 9.80 Å². The minimum atomic E-state index is -0.151. The molecule has 142 valence electrons. The number of nitrogens with one attached hydrogen (secondary N) is 1. The van der Waals surface area contributed by atoms with Crippen molar-refractivity contribution in [3.8, 4) is 5.69 Å². The third-order valence-corrected chi connectivity index (χ3v) is 4.79. The molecule has 3 aromatic rings. The number of hydrogen-bond donors (Lipinski definition) is 1. The third kappa shape index (κ3) is 3.53. The quantitative estimate of drug-likeness (QED) is 0.740. The third-order valence-electron chi connectivity index (χ3n) is 4.79. The van der Waals surface area contributed by atoms with Crippen LogP contribution in [0, 0.1) is 13.8 Å². The number of carbonyl (C=O) groups excluding carboxylic acids is 1. The van der Waals surface area contributed by atoms with Gasteiger partial charge in [0.2, 0.25) is 0 Å². The van der Waals surface area contributed by atoms with E-state index in [0.29, 0.717) is 5.56 Å². The zero-order valence-corrected chi connectivity index (χ0v) is 16.3. The Morgan fingerprint density at radius 1 is 1.04 bits per heavy atom. The number of carbonyl (C=O) groups is 1. The van der Waals surface area contributed by atoms with Gasteiger partial charge in [0.25, 0.3) is 5.91 Å². The minimum absolute atomic E-state index is 0.151. The van der Waals surface area contributed by atoms with Crippen molar-refractivity contribution in [2.24, 2.45) is 5.10 Å². The van der Waals surface area contributed by atoms with Crippen LogP contribution in [0.5, 0.6) is 0 Å². The second-order valence-corrected chi connectivity index (χ2v) is 7.07. The lowest BCUT2D eigenvalue weighted by Crippen LogP contribution is -2.15. The first-order valence-electron chi connectivity index (χ1n) is 9.37. The van der Waals surface area contributed by atoms with Gasteiger partial charge < -0.3 is 5.32 Å². The van der Waals surface area contributed by atoms with Crippen LogP contribution in [0.4, 0.5) is 11.4 Å². The van der Waals surface area contributed by atoms with E-state index in [-0.39, 0.29) is 5.91 Å². The van der Waals surface area contributed by atoms with Gasteiger partial charge in [-0.05, 0) is 63.2 Å². The Hall–Kier alpha value is -3.41. The van der Waals surface area contributed by atoms with Crippen LogP contribution in [-0.4, -0.2) is 27.9 Å². The zero-order valence-electron chi connectivity index (χ0n) is 16.3. The van der Waals surface area contributed by atoms with Crippen molar-refractivity contribution in [3.05, 3.63) is 71.5 Å². The average molecular weight is 373 g/mol. The van der Waals surface area contributed by atoms with Gasteiger partial charge in [0.1, 0.15) is 0 Å². The van der Waals surface area contributed by atoms with Gasteiger partial charge in [0, 0.05) is 29.9 Å². The lowest BCUT2D eigenvalue weighted by Gasteiger charge is -2.15. The minimum Gasteiger partial charge on any atom is -0.320 e. The molecule has 0 radical (unpaired) electrons. The van der Waals surface area contributed by atoms with Gasteiger partial charge in [-0.15, -0.1) is 0 Å². The van der Waals surface area contributed by atoms with Crippen LogP contribution >= 0.6 is 0 Å². The molecule has 0 saturated heterocycles. The van der Waals surface area contributed by atoms with Crippen molar-refractivity contribution < 1.29 is 4.79 Å². The molecule has 6 heteroatoms. The Morgan fingerprint density at radius 3 is 2.43 bits per heavy atom. The molecular formula is C22H23N5O. The molecule has 1 aliphatic heterocycles. The van der Waals surface area contributed by atoms with E-state index in [1.807, 2.05) is 85.1 Å². The summed E-state index contributed by atoms with van der Waals surface area (Å²) in [6, 6.07) is 17.2. The number of nitrogens with zero attached hydrogens (tertiary/aromatic N) is 4. The molecule has 0 aliphatic carbocycles. The predicted octanol–water partition coefficient (Wildman–Crippen LogP) is 4.33. The van der Waals surface area contributed by atoms with Crippen LogP contribution in [0.1, 0.15) is 35.1 Å². The van der Waals surface area contributed by atoms with Gasteiger partial charge in [0.05, 0.1) is 22.8 Å². The van der Waals surface area contributed by atoms with E-state index in [2.05, 4.69) is 15.5 Å². The molecule has 2 heterocycles. The fraction of sp³-hybridized carbons (Fsp3) is 0.227. The first-order chi connectivity index (χ1) is 13.5. The summed E-state index contributed by atoms with van der Waals surface area (Å²) < 4.78 is 1.85. The maximum Gasteiger partial charge on any atom is 0.255 e. The van der Waals surface area contributed by atoms with Crippen molar-refractivity contribution in [2.45, 2.75) is 27.2 Å². The Balaban J connectivity index is 1.55. The Kier molecular flexibility index (Phi) is 4.69. The highest BCUT2D eigenvalue weighted by molar-refractivity contribution is 6.05. The van der Waals surface area contributed by atoms with E-state index in [4.69, 9.17) is 0 Å². The summed E-state index contributed by atoms with van der Waals surface area (Å²) >= 11 is 0. The number of rotatable bonds is 4. The molecule has 0 unspecified atom stereocenters. The number of para-hydroxylation sites is 2. The molecule has 1 aliphatic rings. The summed E-state index contributed by atoms with van der Waals surface area (Å²) in [5.74, 6) is -0.151. The molecule has 28 heavy (non-hydrogen) atoms. The molecule has 0 spiro atoms. The molecule has 0 bridgehead atoms. The standard InChI is InChI=1S/C22H23N5O/c1-15-12-13-26(24-15)19-10-8-18(9-11-19)22(28)23-20-6-4-5-7-21(20)27-17(3)14-16(2)25-27/h4-11,14H,12-13H2,1-3H3,(H,23,28). The number of hydrogen-bond acceptors (Lipinski definition) is 4. The first-order valence-corrected chi connectivity index (χ1v) is 9.37. The summed E-state index contributed by atoms with van der Waals surface area (Å²) in [5.41, 5.74) is 6.26. The van der Waals surface area contributed by atoms with E-state index >= 15 is 0 Å². The van der Waals surface area contributed by atoms with Gasteiger partial charge in [0.15, 0.2) is 0 Å². The summed E-state index contributed by atoms with van der Waals surface area (Å²) in [4.78, 5) is 12.8. The molecule has 6 nitrogen and oxygen atoms in total. The van der Waals surface area contributed by atoms with E-state index in [9.17, 15) is 4.79 Å². The van der Waals surface area contributed by atoms with Crippen molar-refractivity contribution in [1.82, 2.24) is 9.78 Å². The summed E-state index contributed by atoms with van der Waals surface area (Å²) in [7, 11) is 0. The Labute approximate surface area is 164 Å². The second-order valence-electron chi connectivity index (χ2n) is 7.07. The molecule has 0 fully saturated rings. The zero-order chi connectivity index (χ0) is 19.7. The normalized spacial score (nSPS) is 13.5. The fourth-order valence-corrected chi connectivity index (χ4v) is 3.38. The second kappa shape index (κ2) is 7.31. The predicted molar refractivity (Wildman–Crippen MR) is 113 cm³/mol. The van der Waals surface area contributed by atoms with Crippen molar-refractivity contribution in [2.75, 3.05) is 16.9 Å². The smallest absolute Gasteiger partial charge is 0.255 e. The highest BCUT2D eigenvalue weighted by Crippen LogP contribution is 2.23. The highest BCUT2D eigenvalue weighted by atomic mass is 16.1. The molecule has 4 rings (SSSR count). The Bertz CT molecular complexity index is 1050. The van der Waals surface area contributed by atoms with Crippen molar-refractivity contribution in [3.63, 3.8) is 0 Å². The average Bonchev–Trinajstić information content (AvgIpc) is 3.27. The number of hydrazone groups is 1. The molecular weight excluding hydrogens is 350 g/mol. The first kappa shape index (κ1) is 18.0. The van der Waals surface area contributed by atoms with Gasteiger partial charge in [-0.2, -0.15) is 10.2 Å². The summed E-state index contributed by atoms with van der Waals surface area (Å²) in [5, 5.41) is 14.0. The molecule has 0 saturated carbocycles. The number of anilines is 2. The lowest BCUT2D eigenvalue weighted by atomic mass is 10.1. The number of benzene rings is 2. The molecule has 2 aromatic carbocycles. The van der Waals surface area contributed by atoms with Crippen LogP contribution < -0.4 is 10.3 Å². The van der Waals surface area contributed by atoms with E-state index in [1.165, 1.54) is 0 Å². The summed E-state index contributed by atoms with van der Waals surface area (Å²) in [6.45, 7) is 6.87. The van der Waals surface area contributed by atoms with Crippen LogP contribution in [0.2, 0.25) is 0 Å². The van der Waals surface area contributed by atoms with Crippen LogP contribution in [-0.2, 0) is 0 Å².